The van der Waals surface area contributed by atoms with Crippen LogP contribution in [0.25, 0.3) is 11.3 Å². The third kappa shape index (κ3) is 1.73. The molecule has 1 aromatic heterocycles. The highest BCUT2D eigenvalue weighted by Gasteiger charge is 2.44. The molecule has 0 amide bonds. The van der Waals surface area contributed by atoms with Crippen molar-refractivity contribution in [1.29, 1.82) is 0 Å². The number of rotatable bonds is 0. The van der Waals surface area contributed by atoms with Crippen molar-refractivity contribution >= 4 is 5.91 Å². The minimum atomic E-state index is -0.271. The highest BCUT2D eigenvalue weighted by molar-refractivity contribution is 5.78. The zero-order chi connectivity index (χ0) is 15.3. The van der Waals surface area contributed by atoms with Crippen molar-refractivity contribution in [2.24, 2.45) is 0 Å². The van der Waals surface area contributed by atoms with E-state index in [0.29, 0.717) is 0 Å². The van der Waals surface area contributed by atoms with Crippen LogP contribution in [0.5, 0.6) is 0 Å². The largest absolute Gasteiger partial charge is 0.274 e. The number of carbonyl (C=O) groups excluding carboxylic acids is 1. The van der Waals surface area contributed by atoms with E-state index in [9.17, 15) is 9.59 Å². The van der Waals surface area contributed by atoms with Gasteiger partial charge in [-0.2, -0.15) is 0 Å². The summed E-state index contributed by atoms with van der Waals surface area (Å²) >= 11 is 0. The number of fused-ring (bicyclic) bond motifs is 4. The van der Waals surface area contributed by atoms with Crippen molar-refractivity contribution in [3.8, 4) is 11.3 Å². The fraction of sp³-hybridized carbons (Fsp3) is 0.389. The molecule has 0 N–H and O–H groups in total. The molecule has 1 fully saturated rings. The number of hydrogen-bond acceptors (Lipinski definition) is 3. The Kier molecular flexibility index (Phi) is 2.83. The fourth-order valence-corrected chi connectivity index (χ4v) is 4.20. The zero-order valence-electron chi connectivity index (χ0n) is 12.6. The lowest BCUT2D eigenvalue weighted by Gasteiger charge is -2.35. The number of nitrogens with zero attached hydrogens (tertiary/aromatic N) is 2. The molecule has 2 aliphatic carbocycles. The van der Waals surface area contributed by atoms with Crippen LogP contribution >= 0.6 is 0 Å². The molecule has 1 saturated carbocycles. The van der Waals surface area contributed by atoms with E-state index in [2.05, 4.69) is 11.1 Å². The van der Waals surface area contributed by atoms with Crippen LogP contribution in [0, 0.1) is 0 Å². The first kappa shape index (κ1) is 13.4. The summed E-state index contributed by atoms with van der Waals surface area (Å²) in [6, 6.07) is 8.19. The summed E-state index contributed by atoms with van der Waals surface area (Å²) in [4.78, 5) is 29.2. The monoisotopic (exact) mass is 294 g/mol. The molecule has 1 spiro atoms. The van der Waals surface area contributed by atoms with Crippen molar-refractivity contribution in [2.75, 3.05) is 0 Å². The summed E-state index contributed by atoms with van der Waals surface area (Å²) in [7, 11) is 0. The summed E-state index contributed by atoms with van der Waals surface area (Å²) in [6.45, 7) is 1.41. The second-order valence-electron chi connectivity index (χ2n) is 6.48. The maximum Gasteiger partial charge on any atom is 0.264 e. The van der Waals surface area contributed by atoms with E-state index in [0.717, 1.165) is 53.5 Å². The quantitative estimate of drug-likeness (QED) is 0.750. The Bertz CT molecular complexity index is 829. The molecule has 4 nitrogen and oxygen atoms in total. The van der Waals surface area contributed by atoms with Crippen molar-refractivity contribution in [1.82, 2.24) is 9.55 Å². The molecule has 1 heterocycles. The van der Waals surface area contributed by atoms with E-state index in [4.69, 9.17) is 0 Å². The van der Waals surface area contributed by atoms with Crippen molar-refractivity contribution in [3.63, 3.8) is 0 Å². The van der Waals surface area contributed by atoms with Gasteiger partial charge in [-0.25, -0.2) is 9.55 Å². The van der Waals surface area contributed by atoms with Gasteiger partial charge in [-0.3, -0.25) is 9.59 Å². The Morgan fingerprint density at radius 1 is 1.23 bits per heavy atom. The Balaban J connectivity index is 2.07. The third-order valence-corrected chi connectivity index (χ3v) is 5.20. The molecule has 0 atom stereocenters. The van der Waals surface area contributed by atoms with E-state index in [1.54, 1.807) is 0 Å². The lowest BCUT2D eigenvalue weighted by Crippen LogP contribution is -2.40. The molecule has 1 aromatic carbocycles. The topological polar surface area (TPSA) is 52.0 Å². The van der Waals surface area contributed by atoms with Gasteiger partial charge in [0.2, 0.25) is 5.91 Å². The van der Waals surface area contributed by atoms with E-state index >= 15 is 0 Å². The molecular formula is C18H18N2O2. The van der Waals surface area contributed by atoms with Gasteiger partial charge >= 0.3 is 0 Å². The number of hydrogen-bond donors (Lipinski definition) is 0. The Hall–Kier alpha value is -2.23. The normalized spacial score (nSPS) is 18.0. The molecule has 0 radical (unpaired) electrons. The zero-order valence-corrected chi connectivity index (χ0v) is 12.6. The van der Waals surface area contributed by atoms with Gasteiger partial charge in [0.15, 0.2) is 0 Å². The van der Waals surface area contributed by atoms with Gasteiger partial charge in [0.1, 0.15) is 6.33 Å². The molecule has 0 aliphatic heterocycles. The second-order valence-corrected chi connectivity index (χ2v) is 6.48. The molecule has 0 unspecified atom stereocenters. The highest BCUT2D eigenvalue weighted by Crippen LogP contribution is 2.49. The van der Waals surface area contributed by atoms with Gasteiger partial charge in [-0.15, -0.1) is 0 Å². The Morgan fingerprint density at radius 3 is 2.68 bits per heavy atom. The van der Waals surface area contributed by atoms with Crippen molar-refractivity contribution in [3.05, 3.63) is 52.1 Å². The molecule has 4 heteroatoms. The number of aromatic nitrogens is 2. The van der Waals surface area contributed by atoms with Crippen LogP contribution in [-0.2, 0) is 11.8 Å². The summed E-state index contributed by atoms with van der Waals surface area (Å²) < 4.78 is 1.16. The van der Waals surface area contributed by atoms with Crippen LogP contribution in [0.15, 0.2) is 35.4 Å². The molecular weight excluding hydrogens is 276 g/mol. The third-order valence-electron chi connectivity index (χ3n) is 5.20. The van der Waals surface area contributed by atoms with Crippen LogP contribution in [0.4, 0.5) is 0 Å². The molecule has 2 aromatic rings. The smallest absolute Gasteiger partial charge is 0.264 e. The molecule has 0 bridgehead atoms. The van der Waals surface area contributed by atoms with Gasteiger partial charge in [0.25, 0.3) is 5.56 Å². The van der Waals surface area contributed by atoms with Gasteiger partial charge in [-0.05, 0) is 24.8 Å². The van der Waals surface area contributed by atoms with Gasteiger partial charge in [0.05, 0.1) is 11.3 Å². The van der Waals surface area contributed by atoms with E-state index in [1.807, 2.05) is 18.2 Å². The van der Waals surface area contributed by atoms with Gasteiger partial charge in [0, 0.05) is 17.9 Å². The van der Waals surface area contributed by atoms with E-state index in [-0.39, 0.29) is 16.9 Å². The van der Waals surface area contributed by atoms with Crippen molar-refractivity contribution in [2.45, 2.75) is 44.4 Å². The molecule has 112 valence electrons. The maximum absolute atomic E-state index is 12.9. The Morgan fingerprint density at radius 2 is 1.95 bits per heavy atom. The van der Waals surface area contributed by atoms with Crippen molar-refractivity contribution < 1.29 is 4.79 Å². The average molecular weight is 294 g/mol. The van der Waals surface area contributed by atoms with Crippen LogP contribution in [0.2, 0.25) is 0 Å². The number of benzene rings is 1. The molecule has 0 saturated heterocycles. The van der Waals surface area contributed by atoms with Crippen LogP contribution < -0.4 is 5.56 Å². The predicted molar refractivity (Wildman–Crippen MR) is 84.1 cm³/mol. The lowest BCUT2D eigenvalue weighted by atomic mass is 9.68. The predicted octanol–water partition coefficient (Wildman–Crippen LogP) is 2.94. The van der Waals surface area contributed by atoms with E-state index < -0.39 is 0 Å². The molecule has 22 heavy (non-hydrogen) atoms. The summed E-state index contributed by atoms with van der Waals surface area (Å²) in [6.07, 6.45) is 6.55. The summed E-state index contributed by atoms with van der Waals surface area (Å²) in [5.41, 5.74) is 3.56. The first-order chi connectivity index (χ1) is 10.6. The first-order valence-corrected chi connectivity index (χ1v) is 7.84. The minimum absolute atomic E-state index is 0.133. The van der Waals surface area contributed by atoms with E-state index in [1.165, 1.54) is 18.8 Å². The van der Waals surface area contributed by atoms with Crippen LogP contribution in [0.1, 0.15) is 48.5 Å². The SMILES string of the molecule is CC(=O)n1cnc2c(c1=O)C1(CCCC1)Cc1ccccc1-2. The maximum atomic E-state index is 12.9. The standard InChI is InChI=1S/C18H18N2O2/c1-12(21)20-11-19-16-14-7-3-2-6-13(14)10-18(8-4-5-9-18)15(16)17(20)22/h2-3,6-7,11H,4-5,8-10H2,1H3. The first-order valence-electron chi connectivity index (χ1n) is 7.84. The second kappa shape index (κ2) is 4.63. The molecule has 2 aliphatic rings. The lowest BCUT2D eigenvalue weighted by molar-refractivity contribution is 0.0930. The summed E-state index contributed by atoms with van der Waals surface area (Å²) in [5, 5.41) is 0. The van der Waals surface area contributed by atoms with Crippen LogP contribution in [0.3, 0.4) is 0 Å². The fourth-order valence-electron chi connectivity index (χ4n) is 4.20. The minimum Gasteiger partial charge on any atom is -0.274 e. The number of carbonyl (C=O) groups is 1. The van der Waals surface area contributed by atoms with Crippen LogP contribution in [-0.4, -0.2) is 15.5 Å². The average Bonchev–Trinajstić information content (AvgIpc) is 2.95. The summed E-state index contributed by atoms with van der Waals surface area (Å²) in [5.74, 6) is -0.271. The Labute approximate surface area is 128 Å². The molecule has 4 rings (SSSR count). The van der Waals surface area contributed by atoms with Gasteiger partial charge in [-0.1, -0.05) is 37.1 Å². The van der Waals surface area contributed by atoms with Gasteiger partial charge < -0.3 is 0 Å². The highest BCUT2D eigenvalue weighted by atomic mass is 16.2.